The van der Waals surface area contributed by atoms with E-state index in [1.165, 1.54) is 12.8 Å². The van der Waals surface area contributed by atoms with E-state index in [0.29, 0.717) is 24.0 Å². The Kier molecular flexibility index (Phi) is 4.12. The Labute approximate surface area is 135 Å². The zero-order valence-corrected chi connectivity index (χ0v) is 13.5. The third-order valence-electron chi connectivity index (χ3n) is 4.49. The second-order valence-corrected chi connectivity index (χ2v) is 6.59. The van der Waals surface area contributed by atoms with Crippen molar-refractivity contribution < 1.29 is 9.59 Å². The number of hydrogen-bond acceptors (Lipinski definition) is 5. The van der Waals surface area contributed by atoms with Gasteiger partial charge in [0.1, 0.15) is 11.7 Å². The summed E-state index contributed by atoms with van der Waals surface area (Å²) in [6.45, 7) is 4.75. The molecule has 3 rings (SSSR count). The Balaban J connectivity index is 1.75. The predicted molar refractivity (Wildman–Crippen MR) is 82.3 cm³/mol. The molecule has 6 nitrogen and oxygen atoms in total. The van der Waals surface area contributed by atoms with Crippen molar-refractivity contribution in [2.45, 2.75) is 39.0 Å². The molecule has 1 aromatic rings. The molecule has 1 aromatic heterocycles. The van der Waals surface area contributed by atoms with Crippen LogP contribution in [-0.2, 0) is 9.59 Å². The van der Waals surface area contributed by atoms with Crippen LogP contribution in [0.2, 0.25) is 0 Å². The van der Waals surface area contributed by atoms with Crippen molar-refractivity contribution in [3.8, 4) is 6.07 Å². The van der Waals surface area contributed by atoms with E-state index in [2.05, 4.69) is 16.0 Å². The van der Waals surface area contributed by atoms with Crippen molar-refractivity contribution >= 4 is 11.7 Å². The number of Topliss-reactive ketones (excluding diaryl/α,β-unsaturated/α-hetero) is 1. The van der Waals surface area contributed by atoms with Crippen molar-refractivity contribution in [3.63, 3.8) is 0 Å². The summed E-state index contributed by atoms with van der Waals surface area (Å²) in [5.74, 6) is -0.341. The summed E-state index contributed by atoms with van der Waals surface area (Å²) in [6, 6.07) is 3.74. The van der Waals surface area contributed by atoms with E-state index in [9.17, 15) is 14.9 Å². The quantitative estimate of drug-likeness (QED) is 0.823. The lowest BCUT2D eigenvalue weighted by molar-refractivity contribution is -0.128. The van der Waals surface area contributed by atoms with E-state index < -0.39 is 11.8 Å². The van der Waals surface area contributed by atoms with Gasteiger partial charge in [-0.2, -0.15) is 5.26 Å². The second kappa shape index (κ2) is 6.07. The molecule has 1 amide bonds. The van der Waals surface area contributed by atoms with Crippen LogP contribution in [0.15, 0.2) is 6.07 Å². The largest absolute Gasteiger partial charge is 0.342 e. The van der Waals surface area contributed by atoms with Gasteiger partial charge < -0.3 is 4.90 Å². The Morgan fingerprint density at radius 2 is 2.17 bits per heavy atom. The molecule has 0 bridgehead atoms. The molecular formula is C17H20N4O2. The molecule has 6 heteroatoms. The number of carbonyl (C=O) groups excluding carboxylic acids is 2. The third kappa shape index (κ3) is 3.39. The minimum atomic E-state index is -0.922. The van der Waals surface area contributed by atoms with Crippen molar-refractivity contribution in [2.75, 3.05) is 13.1 Å². The summed E-state index contributed by atoms with van der Waals surface area (Å²) in [7, 11) is 0. The SMILES string of the molecule is Cc1cc([C@H](C#N)C(=O)[C@H]2CC(=O)N(CC3CC3)C2)nc(C)n1. The highest BCUT2D eigenvalue weighted by molar-refractivity contribution is 5.95. The van der Waals surface area contributed by atoms with Gasteiger partial charge >= 0.3 is 0 Å². The Morgan fingerprint density at radius 3 is 2.78 bits per heavy atom. The lowest BCUT2D eigenvalue weighted by Gasteiger charge is -2.17. The van der Waals surface area contributed by atoms with Gasteiger partial charge in [0.05, 0.1) is 11.8 Å². The van der Waals surface area contributed by atoms with E-state index in [-0.39, 0.29) is 18.1 Å². The van der Waals surface area contributed by atoms with Crippen LogP contribution in [0.4, 0.5) is 0 Å². The number of aromatic nitrogens is 2. The summed E-state index contributed by atoms with van der Waals surface area (Å²) in [6.07, 6.45) is 2.55. The van der Waals surface area contributed by atoms with Crippen molar-refractivity contribution in [1.29, 1.82) is 5.26 Å². The number of amides is 1. The van der Waals surface area contributed by atoms with E-state index in [4.69, 9.17) is 0 Å². The zero-order chi connectivity index (χ0) is 16.6. The van der Waals surface area contributed by atoms with Gasteiger partial charge in [-0.1, -0.05) is 0 Å². The Morgan fingerprint density at radius 1 is 1.43 bits per heavy atom. The normalized spacial score (nSPS) is 22.0. The Bertz CT molecular complexity index is 670. The molecule has 23 heavy (non-hydrogen) atoms. The number of rotatable bonds is 5. The fourth-order valence-corrected chi connectivity index (χ4v) is 3.16. The molecule has 0 unspecified atom stereocenters. The number of hydrogen-bond donors (Lipinski definition) is 0. The average molecular weight is 312 g/mol. The highest BCUT2D eigenvalue weighted by Gasteiger charge is 2.40. The highest BCUT2D eigenvalue weighted by atomic mass is 16.2. The van der Waals surface area contributed by atoms with Crippen LogP contribution in [0.1, 0.15) is 42.4 Å². The molecule has 2 fully saturated rings. The first kappa shape index (κ1) is 15.6. The zero-order valence-electron chi connectivity index (χ0n) is 13.5. The third-order valence-corrected chi connectivity index (χ3v) is 4.49. The first-order chi connectivity index (χ1) is 11.0. The molecule has 0 spiro atoms. The number of aryl methyl sites for hydroxylation is 2. The van der Waals surface area contributed by atoms with Gasteiger partial charge in [0.2, 0.25) is 5.91 Å². The maximum Gasteiger partial charge on any atom is 0.223 e. The molecule has 120 valence electrons. The first-order valence-electron chi connectivity index (χ1n) is 8.01. The standard InChI is InChI=1S/C17H20N4O2/c1-10-5-15(20-11(2)19-10)14(7-18)17(23)13-6-16(22)21(9-13)8-12-3-4-12/h5,12-14H,3-4,6,8-9H2,1-2H3/t13-,14-/m0/s1. The van der Waals surface area contributed by atoms with Crippen molar-refractivity contribution in [2.24, 2.45) is 11.8 Å². The molecule has 0 radical (unpaired) electrons. The summed E-state index contributed by atoms with van der Waals surface area (Å²) >= 11 is 0. The lowest BCUT2D eigenvalue weighted by atomic mass is 9.90. The topological polar surface area (TPSA) is 87.0 Å². The van der Waals surface area contributed by atoms with Crippen LogP contribution in [0.3, 0.4) is 0 Å². The number of ketones is 1. The smallest absolute Gasteiger partial charge is 0.223 e. The monoisotopic (exact) mass is 312 g/mol. The fraction of sp³-hybridized carbons (Fsp3) is 0.588. The Hall–Kier alpha value is -2.29. The molecule has 2 aliphatic rings. The molecule has 0 N–H and O–H groups in total. The van der Waals surface area contributed by atoms with Gasteiger partial charge in [-0.15, -0.1) is 0 Å². The summed E-state index contributed by atoms with van der Waals surface area (Å²) in [5.41, 5.74) is 1.18. The van der Waals surface area contributed by atoms with Crippen LogP contribution >= 0.6 is 0 Å². The fourth-order valence-electron chi connectivity index (χ4n) is 3.16. The maximum atomic E-state index is 12.7. The van der Waals surface area contributed by atoms with Crippen LogP contribution < -0.4 is 0 Å². The van der Waals surface area contributed by atoms with Gasteiger partial charge in [-0.25, -0.2) is 9.97 Å². The number of nitrogens with zero attached hydrogens (tertiary/aromatic N) is 4. The predicted octanol–water partition coefficient (Wildman–Crippen LogP) is 1.53. The van der Waals surface area contributed by atoms with Gasteiger partial charge in [0.15, 0.2) is 5.78 Å². The molecule has 1 aliphatic carbocycles. The van der Waals surface area contributed by atoms with Crippen LogP contribution in [-0.4, -0.2) is 39.6 Å². The van der Waals surface area contributed by atoms with E-state index in [0.717, 1.165) is 12.2 Å². The number of carbonyl (C=O) groups is 2. The highest BCUT2D eigenvalue weighted by Crippen LogP contribution is 2.33. The minimum Gasteiger partial charge on any atom is -0.342 e. The molecule has 1 aliphatic heterocycles. The van der Waals surface area contributed by atoms with Gasteiger partial charge in [0.25, 0.3) is 0 Å². The average Bonchev–Trinajstić information content (AvgIpc) is 3.21. The van der Waals surface area contributed by atoms with Crippen molar-refractivity contribution in [3.05, 3.63) is 23.3 Å². The van der Waals surface area contributed by atoms with E-state index in [1.807, 2.05) is 6.92 Å². The molecular weight excluding hydrogens is 292 g/mol. The molecule has 2 heterocycles. The number of likely N-dealkylation sites (tertiary alicyclic amines) is 1. The van der Waals surface area contributed by atoms with Gasteiger partial charge in [-0.05, 0) is 38.7 Å². The molecule has 1 saturated heterocycles. The van der Waals surface area contributed by atoms with Crippen LogP contribution in [0.25, 0.3) is 0 Å². The summed E-state index contributed by atoms with van der Waals surface area (Å²) in [5, 5.41) is 9.45. The van der Waals surface area contributed by atoms with Crippen LogP contribution in [0, 0.1) is 37.0 Å². The first-order valence-corrected chi connectivity index (χ1v) is 8.01. The summed E-state index contributed by atoms with van der Waals surface area (Å²) < 4.78 is 0. The lowest BCUT2D eigenvalue weighted by Crippen LogP contribution is -2.29. The van der Waals surface area contributed by atoms with E-state index in [1.54, 1.807) is 17.9 Å². The maximum absolute atomic E-state index is 12.7. The number of nitriles is 1. The van der Waals surface area contributed by atoms with Gasteiger partial charge in [0, 0.05) is 31.1 Å². The minimum absolute atomic E-state index is 0.0296. The van der Waals surface area contributed by atoms with Crippen LogP contribution in [0.5, 0.6) is 0 Å². The molecule has 0 aromatic carbocycles. The van der Waals surface area contributed by atoms with E-state index >= 15 is 0 Å². The summed E-state index contributed by atoms with van der Waals surface area (Å²) in [4.78, 5) is 35.0. The van der Waals surface area contributed by atoms with Crippen molar-refractivity contribution in [1.82, 2.24) is 14.9 Å². The second-order valence-electron chi connectivity index (χ2n) is 6.59. The molecule has 1 saturated carbocycles. The molecule has 2 atom stereocenters. The van der Waals surface area contributed by atoms with Gasteiger partial charge in [-0.3, -0.25) is 9.59 Å².